The van der Waals surface area contributed by atoms with Gasteiger partial charge in [0.05, 0.1) is 11.3 Å². The number of hydrogen-bond acceptors (Lipinski definition) is 5. The quantitative estimate of drug-likeness (QED) is 0.848. The summed E-state index contributed by atoms with van der Waals surface area (Å²) in [4.78, 5) is 0.347. The Labute approximate surface area is 122 Å². The Morgan fingerprint density at radius 2 is 2.05 bits per heavy atom. The third-order valence-electron chi connectivity index (χ3n) is 3.11. The molecule has 0 fully saturated rings. The average Bonchev–Trinajstić information content (AvgIpc) is 2.76. The summed E-state index contributed by atoms with van der Waals surface area (Å²) in [5.41, 5.74) is 10.9. The van der Waals surface area contributed by atoms with Crippen molar-refractivity contribution < 1.29 is 0 Å². The van der Waals surface area contributed by atoms with Gasteiger partial charge in [0, 0.05) is 6.54 Å². The first-order chi connectivity index (χ1) is 9.00. The zero-order chi connectivity index (χ0) is 14.0. The van der Waals surface area contributed by atoms with Crippen molar-refractivity contribution in [3.8, 4) is 0 Å². The van der Waals surface area contributed by atoms with Gasteiger partial charge in [-0.2, -0.15) is 16.4 Å². The van der Waals surface area contributed by atoms with E-state index in [4.69, 9.17) is 18.0 Å². The fourth-order valence-corrected chi connectivity index (χ4v) is 2.89. The highest BCUT2D eigenvalue weighted by atomic mass is 32.1. The highest BCUT2D eigenvalue weighted by molar-refractivity contribution is 7.80. The van der Waals surface area contributed by atoms with Gasteiger partial charge in [-0.05, 0) is 48.2 Å². The van der Waals surface area contributed by atoms with Crippen LogP contribution in [0.3, 0.4) is 0 Å². The van der Waals surface area contributed by atoms with E-state index in [0.29, 0.717) is 17.4 Å². The molecule has 0 saturated heterocycles. The van der Waals surface area contributed by atoms with Crippen LogP contribution in [0, 0.1) is 20.8 Å². The van der Waals surface area contributed by atoms with Gasteiger partial charge < -0.3 is 11.1 Å². The van der Waals surface area contributed by atoms with Gasteiger partial charge in [0.15, 0.2) is 5.82 Å². The molecule has 0 saturated carbocycles. The van der Waals surface area contributed by atoms with Crippen LogP contribution in [0.5, 0.6) is 0 Å². The van der Waals surface area contributed by atoms with Crippen LogP contribution < -0.4 is 11.1 Å². The lowest BCUT2D eigenvalue weighted by Crippen LogP contribution is -2.18. The Kier molecular flexibility index (Phi) is 4.11. The SMILES string of the molecule is Cc1cscc1CNc1nnc(C)c(C)c1C(N)=S. The van der Waals surface area contributed by atoms with Crippen molar-refractivity contribution >= 4 is 34.4 Å². The predicted octanol–water partition coefficient (Wildman–Crippen LogP) is 2.71. The number of aromatic nitrogens is 2. The highest BCUT2D eigenvalue weighted by Crippen LogP contribution is 2.20. The summed E-state index contributed by atoms with van der Waals surface area (Å²) in [6.07, 6.45) is 0. The molecule has 0 aliphatic rings. The topological polar surface area (TPSA) is 63.8 Å². The fraction of sp³-hybridized carbons (Fsp3) is 0.308. The van der Waals surface area contributed by atoms with Gasteiger partial charge in [0.1, 0.15) is 4.99 Å². The Hall–Kier alpha value is -1.53. The molecule has 2 heterocycles. The molecule has 100 valence electrons. The van der Waals surface area contributed by atoms with E-state index in [9.17, 15) is 0 Å². The maximum Gasteiger partial charge on any atom is 0.159 e. The summed E-state index contributed by atoms with van der Waals surface area (Å²) in [5, 5.41) is 15.8. The molecule has 0 amide bonds. The molecule has 2 aromatic heterocycles. The molecule has 0 bridgehead atoms. The second kappa shape index (κ2) is 5.63. The number of thiocarbonyl (C=S) groups is 1. The minimum atomic E-state index is 0.347. The van der Waals surface area contributed by atoms with Crippen LogP contribution in [0.4, 0.5) is 5.82 Å². The molecule has 4 nitrogen and oxygen atoms in total. The van der Waals surface area contributed by atoms with E-state index in [1.54, 1.807) is 11.3 Å². The van der Waals surface area contributed by atoms with Crippen LogP contribution in [0.25, 0.3) is 0 Å². The van der Waals surface area contributed by atoms with Crippen molar-refractivity contribution in [2.75, 3.05) is 5.32 Å². The number of thiophene rings is 1. The molecule has 0 aliphatic carbocycles. The number of hydrogen-bond donors (Lipinski definition) is 2. The number of nitrogens with zero attached hydrogens (tertiary/aromatic N) is 2. The Morgan fingerprint density at radius 3 is 2.63 bits per heavy atom. The van der Waals surface area contributed by atoms with E-state index < -0.39 is 0 Å². The van der Waals surface area contributed by atoms with Gasteiger partial charge in [-0.3, -0.25) is 0 Å². The van der Waals surface area contributed by atoms with E-state index in [2.05, 4.69) is 33.2 Å². The maximum atomic E-state index is 5.79. The molecule has 2 aromatic rings. The van der Waals surface area contributed by atoms with Crippen LogP contribution in [-0.4, -0.2) is 15.2 Å². The molecule has 3 N–H and O–H groups in total. The lowest BCUT2D eigenvalue weighted by atomic mass is 10.1. The minimum absolute atomic E-state index is 0.347. The van der Waals surface area contributed by atoms with Crippen molar-refractivity contribution in [1.29, 1.82) is 0 Å². The lowest BCUT2D eigenvalue weighted by molar-refractivity contribution is 0.943. The van der Waals surface area contributed by atoms with E-state index in [0.717, 1.165) is 16.8 Å². The Balaban J connectivity index is 2.28. The summed E-state index contributed by atoms with van der Waals surface area (Å²) < 4.78 is 0. The summed E-state index contributed by atoms with van der Waals surface area (Å²) >= 11 is 6.80. The molecule has 0 atom stereocenters. The van der Waals surface area contributed by atoms with E-state index in [1.807, 2.05) is 13.8 Å². The molecule has 0 spiro atoms. The summed E-state index contributed by atoms with van der Waals surface area (Å²) in [6.45, 7) is 6.65. The molecular formula is C13H16N4S2. The van der Waals surface area contributed by atoms with Gasteiger partial charge in [-0.15, -0.1) is 5.10 Å². The first-order valence-corrected chi connectivity index (χ1v) is 7.25. The number of aryl methyl sites for hydroxylation is 2. The zero-order valence-corrected chi connectivity index (χ0v) is 12.8. The van der Waals surface area contributed by atoms with Gasteiger partial charge in [0.25, 0.3) is 0 Å². The standard InChI is InChI=1S/C13H16N4S2/c1-7-5-19-6-10(7)4-15-13-11(12(14)18)8(2)9(3)16-17-13/h5-6H,4H2,1-3H3,(H2,14,18)(H,15,17). The van der Waals surface area contributed by atoms with Crippen molar-refractivity contribution in [1.82, 2.24) is 10.2 Å². The third kappa shape index (κ3) is 2.90. The Morgan fingerprint density at radius 1 is 1.32 bits per heavy atom. The van der Waals surface area contributed by atoms with Crippen LogP contribution in [-0.2, 0) is 6.54 Å². The van der Waals surface area contributed by atoms with Gasteiger partial charge in [-0.1, -0.05) is 12.2 Å². The van der Waals surface area contributed by atoms with Gasteiger partial charge in [0.2, 0.25) is 0 Å². The second-order valence-corrected chi connectivity index (χ2v) is 5.62. The second-order valence-electron chi connectivity index (χ2n) is 4.43. The van der Waals surface area contributed by atoms with Crippen molar-refractivity contribution in [2.45, 2.75) is 27.3 Å². The summed E-state index contributed by atoms with van der Waals surface area (Å²) in [7, 11) is 0. The monoisotopic (exact) mass is 292 g/mol. The van der Waals surface area contributed by atoms with Crippen LogP contribution in [0.15, 0.2) is 10.8 Å². The molecule has 0 unspecified atom stereocenters. The zero-order valence-electron chi connectivity index (χ0n) is 11.2. The molecule has 19 heavy (non-hydrogen) atoms. The van der Waals surface area contributed by atoms with E-state index in [-0.39, 0.29) is 0 Å². The van der Waals surface area contributed by atoms with E-state index >= 15 is 0 Å². The first-order valence-electron chi connectivity index (χ1n) is 5.90. The van der Waals surface area contributed by atoms with Crippen LogP contribution in [0.2, 0.25) is 0 Å². The van der Waals surface area contributed by atoms with E-state index in [1.165, 1.54) is 11.1 Å². The number of rotatable bonds is 4. The number of nitrogens with one attached hydrogen (secondary N) is 1. The molecule has 2 rings (SSSR count). The number of anilines is 1. The van der Waals surface area contributed by atoms with Crippen LogP contribution >= 0.6 is 23.6 Å². The Bertz CT molecular complexity index is 619. The summed E-state index contributed by atoms with van der Waals surface area (Å²) in [6, 6.07) is 0. The smallest absolute Gasteiger partial charge is 0.159 e. The van der Waals surface area contributed by atoms with Crippen molar-refractivity contribution in [3.63, 3.8) is 0 Å². The highest BCUT2D eigenvalue weighted by Gasteiger charge is 2.13. The summed E-state index contributed by atoms with van der Waals surface area (Å²) in [5.74, 6) is 0.654. The molecule has 0 radical (unpaired) electrons. The van der Waals surface area contributed by atoms with Gasteiger partial charge in [-0.25, -0.2) is 0 Å². The molecule has 6 heteroatoms. The third-order valence-corrected chi connectivity index (χ3v) is 4.22. The number of nitrogens with two attached hydrogens (primary N) is 1. The fourth-order valence-electron chi connectivity index (χ4n) is 1.78. The maximum absolute atomic E-state index is 5.79. The lowest BCUT2D eigenvalue weighted by Gasteiger charge is -2.13. The predicted molar refractivity (Wildman–Crippen MR) is 83.8 cm³/mol. The van der Waals surface area contributed by atoms with Crippen LogP contribution in [0.1, 0.15) is 27.9 Å². The van der Waals surface area contributed by atoms with Gasteiger partial charge >= 0.3 is 0 Å². The first kappa shape index (κ1) is 13.9. The molecule has 0 aliphatic heterocycles. The average molecular weight is 292 g/mol. The van der Waals surface area contributed by atoms with Crippen molar-refractivity contribution in [3.05, 3.63) is 38.7 Å². The normalized spacial score (nSPS) is 10.5. The largest absolute Gasteiger partial charge is 0.389 e. The van der Waals surface area contributed by atoms with Crippen molar-refractivity contribution in [2.24, 2.45) is 5.73 Å². The minimum Gasteiger partial charge on any atom is -0.389 e. The molecular weight excluding hydrogens is 276 g/mol. The molecule has 0 aromatic carbocycles.